The Morgan fingerprint density at radius 1 is 0.971 bits per heavy atom. The minimum atomic E-state index is -0.987. The number of carbonyl (C=O) groups excluding carboxylic acids is 2. The highest BCUT2D eigenvalue weighted by atomic mass is 16.5. The molecule has 2 amide bonds. The predicted octanol–water partition coefficient (Wildman–Crippen LogP) is 4.60. The van der Waals surface area contributed by atoms with Gasteiger partial charge in [0.1, 0.15) is 12.4 Å². The molecule has 8 nitrogen and oxygen atoms in total. The normalized spacial score (nSPS) is 11.8. The van der Waals surface area contributed by atoms with E-state index in [9.17, 15) is 14.4 Å². The van der Waals surface area contributed by atoms with E-state index >= 15 is 0 Å². The zero-order valence-corrected chi connectivity index (χ0v) is 19.5. The lowest BCUT2D eigenvalue weighted by Crippen LogP contribution is -2.29. The van der Waals surface area contributed by atoms with Gasteiger partial charge in [-0.15, -0.1) is 0 Å². The van der Waals surface area contributed by atoms with E-state index in [0.29, 0.717) is 5.69 Å². The number of nitrogens with zero attached hydrogens (tertiary/aromatic N) is 1. The molecule has 3 aromatic carbocycles. The van der Waals surface area contributed by atoms with Crippen LogP contribution in [0.3, 0.4) is 0 Å². The van der Waals surface area contributed by atoms with Gasteiger partial charge in [-0.2, -0.15) is 0 Å². The van der Waals surface area contributed by atoms with Crippen LogP contribution in [0.15, 0.2) is 66.7 Å². The number of benzene rings is 3. The lowest BCUT2D eigenvalue weighted by atomic mass is 9.98. The van der Waals surface area contributed by atoms with Crippen LogP contribution in [0.5, 0.6) is 5.75 Å². The number of aliphatic carboxylic acids is 1. The van der Waals surface area contributed by atoms with Crippen LogP contribution in [-0.2, 0) is 9.53 Å². The van der Waals surface area contributed by atoms with Gasteiger partial charge in [-0.1, -0.05) is 48.5 Å². The van der Waals surface area contributed by atoms with Crippen LogP contribution in [-0.4, -0.2) is 55.3 Å². The minimum absolute atomic E-state index is 0.0518. The summed E-state index contributed by atoms with van der Waals surface area (Å²) in [5, 5.41) is 11.5. The third kappa shape index (κ3) is 5.11. The Hall–Kier alpha value is -4.33. The lowest BCUT2D eigenvalue weighted by Gasteiger charge is -2.18. The summed E-state index contributed by atoms with van der Waals surface area (Å²) < 4.78 is 10.9. The van der Waals surface area contributed by atoms with Crippen LogP contribution in [0.25, 0.3) is 11.1 Å². The molecule has 0 aliphatic heterocycles. The molecule has 1 aliphatic carbocycles. The van der Waals surface area contributed by atoms with Crippen LogP contribution < -0.4 is 10.1 Å². The topological polar surface area (TPSA) is 105 Å². The van der Waals surface area contributed by atoms with Gasteiger partial charge >= 0.3 is 12.1 Å². The molecule has 0 saturated heterocycles. The SMILES string of the molecule is COc1cc(NC(=O)OCC2c3ccccc3-c3ccccc32)ccc1C(=O)N(C)CCC(=O)O. The summed E-state index contributed by atoms with van der Waals surface area (Å²) in [4.78, 5) is 37.3. The Morgan fingerprint density at radius 3 is 2.20 bits per heavy atom. The number of hydrogen-bond acceptors (Lipinski definition) is 5. The van der Waals surface area contributed by atoms with Crippen molar-refractivity contribution in [3.63, 3.8) is 0 Å². The Bertz CT molecular complexity index is 1230. The first-order chi connectivity index (χ1) is 16.9. The number of rotatable bonds is 8. The van der Waals surface area contributed by atoms with E-state index in [1.54, 1.807) is 6.07 Å². The molecule has 1 aliphatic rings. The molecule has 180 valence electrons. The standard InChI is InChI=1S/C27H26N2O6/c1-29(14-13-25(30)31)26(32)22-12-11-17(15-24(22)34-2)28-27(33)35-16-23-20-9-5-3-7-18(20)19-8-4-6-10-21(19)23/h3-12,15,23H,13-14,16H2,1-2H3,(H,28,33)(H,30,31). The molecule has 0 spiro atoms. The van der Waals surface area contributed by atoms with Crippen molar-refractivity contribution in [1.82, 2.24) is 4.90 Å². The van der Waals surface area contributed by atoms with Gasteiger partial charge in [0.05, 0.1) is 19.1 Å². The quantitative estimate of drug-likeness (QED) is 0.494. The van der Waals surface area contributed by atoms with Crippen LogP contribution >= 0.6 is 0 Å². The molecule has 2 N–H and O–H groups in total. The average Bonchev–Trinajstić information content (AvgIpc) is 3.19. The van der Waals surface area contributed by atoms with E-state index in [0.717, 1.165) is 22.3 Å². The van der Waals surface area contributed by atoms with Crippen molar-refractivity contribution < 1.29 is 29.0 Å². The van der Waals surface area contributed by atoms with Gasteiger partial charge < -0.3 is 19.5 Å². The fourth-order valence-electron chi connectivity index (χ4n) is 4.27. The number of anilines is 1. The van der Waals surface area contributed by atoms with Crippen LogP contribution in [0, 0.1) is 0 Å². The highest BCUT2D eigenvalue weighted by Gasteiger charge is 2.29. The molecular formula is C27H26N2O6. The van der Waals surface area contributed by atoms with Crippen molar-refractivity contribution in [1.29, 1.82) is 0 Å². The van der Waals surface area contributed by atoms with Gasteiger partial charge in [-0.25, -0.2) is 4.79 Å². The number of carbonyl (C=O) groups is 3. The van der Waals surface area contributed by atoms with Crippen molar-refractivity contribution in [2.24, 2.45) is 0 Å². The van der Waals surface area contributed by atoms with E-state index < -0.39 is 12.1 Å². The van der Waals surface area contributed by atoms with Gasteiger partial charge in [0.2, 0.25) is 0 Å². The van der Waals surface area contributed by atoms with Crippen molar-refractivity contribution in [2.45, 2.75) is 12.3 Å². The monoisotopic (exact) mass is 474 g/mol. The third-order valence-electron chi connectivity index (χ3n) is 6.03. The molecule has 0 unspecified atom stereocenters. The molecule has 0 saturated carbocycles. The number of carboxylic acids is 1. The summed E-state index contributed by atoms with van der Waals surface area (Å²) in [6, 6.07) is 20.8. The highest BCUT2D eigenvalue weighted by molar-refractivity contribution is 5.98. The maximum atomic E-state index is 12.7. The van der Waals surface area contributed by atoms with Crippen molar-refractivity contribution >= 4 is 23.7 Å². The summed E-state index contributed by atoms with van der Waals surface area (Å²) in [6.45, 7) is 0.249. The smallest absolute Gasteiger partial charge is 0.411 e. The number of fused-ring (bicyclic) bond motifs is 3. The van der Waals surface area contributed by atoms with Gasteiger partial charge in [0.25, 0.3) is 5.91 Å². The molecule has 3 aromatic rings. The maximum absolute atomic E-state index is 12.7. The van der Waals surface area contributed by atoms with Crippen LogP contribution in [0.1, 0.15) is 33.8 Å². The third-order valence-corrected chi connectivity index (χ3v) is 6.03. The number of hydrogen-bond donors (Lipinski definition) is 2. The molecule has 0 aromatic heterocycles. The van der Waals surface area contributed by atoms with Crippen molar-refractivity contribution in [3.05, 3.63) is 83.4 Å². The van der Waals surface area contributed by atoms with E-state index in [4.69, 9.17) is 14.6 Å². The largest absolute Gasteiger partial charge is 0.496 e. The molecule has 0 fully saturated rings. The van der Waals surface area contributed by atoms with E-state index in [2.05, 4.69) is 29.6 Å². The summed E-state index contributed by atoms with van der Waals surface area (Å²) >= 11 is 0. The van der Waals surface area contributed by atoms with Gasteiger partial charge in [-0.3, -0.25) is 14.9 Å². The molecular weight excluding hydrogens is 448 g/mol. The number of carboxylic acid groups (broad SMARTS) is 1. The summed E-state index contributed by atoms with van der Waals surface area (Å²) in [7, 11) is 2.94. The average molecular weight is 475 g/mol. The fraction of sp³-hybridized carbons (Fsp3) is 0.222. The number of nitrogens with one attached hydrogen (secondary N) is 1. The molecule has 0 heterocycles. The molecule has 8 heteroatoms. The second-order valence-corrected chi connectivity index (χ2v) is 8.24. The van der Waals surface area contributed by atoms with Crippen molar-refractivity contribution in [2.75, 3.05) is 32.6 Å². The first kappa shape index (κ1) is 23.8. The first-order valence-corrected chi connectivity index (χ1v) is 11.2. The number of ether oxygens (including phenoxy) is 2. The van der Waals surface area contributed by atoms with E-state index in [-0.39, 0.29) is 42.7 Å². The van der Waals surface area contributed by atoms with Crippen LogP contribution in [0.4, 0.5) is 10.5 Å². The summed E-state index contributed by atoms with van der Waals surface area (Å²) in [5.74, 6) is -1.16. The Kier molecular flexibility index (Phi) is 7.01. The fourth-order valence-corrected chi connectivity index (χ4v) is 4.27. The Balaban J connectivity index is 1.42. The highest BCUT2D eigenvalue weighted by Crippen LogP contribution is 2.44. The number of methoxy groups -OCH3 is 1. The molecule has 4 rings (SSSR count). The molecule has 0 bridgehead atoms. The zero-order chi connectivity index (χ0) is 24.9. The van der Waals surface area contributed by atoms with Crippen LogP contribution in [0.2, 0.25) is 0 Å². The van der Waals surface area contributed by atoms with Crippen molar-refractivity contribution in [3.8, 4) is 16.9 Å². The first-order valence-electron chi connectivity index (χ1n) is 11.2. The summed E-state index contributed by atoms with van der Waals surface area (Å²) in [6.07, 6.45) is -0.780. The maximum Gasteiger partial charge on any atom is 0.411 e. The second kappa shape index (κ2) is 10.3. The van der Waals surface area contributed by atoms with Gasteiger partial charge in [0.15, 0.2) is 0 Å². The lowest BCUT2D eigenvalue weighted by molar-refractivity contribution is -0.137. The second-order valence-electron chi connectivity index (χ2n) is 8.24. The molecule has 35 heavy (non-hydrogen) atoms. The number of amides is 2. The van der Waals surface area contributed by atoms with E-state index in [1.807, 2.05) is 24.3 Å². The predicted molar refractivity (Wildman–Crippen MR) is 131 cm³/mol. The minimum Gasteiger partial charge on any atom is -0.496 e. The van der Waals surface area contributed by atoms with E-state index in [1.165, 1.54) is 31.2 Å². The van der Waals surface area contributed by atoms with Gasteiger partial charge in [0, 0.05) is 31.3 Å². The molecule has 0 atom stereocenters. The summed E-state index contributed by atoms with van der Waals surface area (Å²) in [5.41, 5.74) is 5.21. The molecule has 0 radical (unpaired) electrons. The van der Waals surface area contributed by atoms with Gasteiger partial charge in [-0.05, 0) is 34.4 Å². The Morgan fingerprint density at radius 2 is 1.60 bits per heavy atom. The zero-order valence-electron chi connectivity index (χ0n) is 19.5. The Labute approximate surface area is 203 Å².